The molecule has 0 bridgehead atoms. The number of anilines is 2. The number of amides is 1. The van der Waals surface area contributed by atoms with Gasteiger partial charge >= 0.3 is 12.1 Å². The van der Waals surface area contributed by atoms with Crippen LogP contribution in [0, 0.1) is 11.2 Å². The highest BCUT2D eigenvalue weighted by molar-refractivity contribution is 5.83. The number of halogens is 1. The smallest absolute Gasteiger partial charge is 0.413 e. The predicted molar refractivity (Wildman–Crippen MR) is 133 cm³/mol. The number of ether oxygens (including phenoxy) is 1. The summed E-state index contributed by atoms with van der Waals surface area (Å²) in [5.74, 6) is -1.62. The first-order valence-corrected chi connectivity index (χ1v) is 12.3. The van der Waals surface area contributed by atoms with Crippen molar-refractivity contribution in [2.75, 3.05) is 16.8 Å². The van der Waals surface area contributed by atoms with Gasteiger partial charge in [0.25, 0.3) is 0 Å². The Kier molecular flexibility index (Phi) is 6.38. The van der Waals surface area contributed by atoms with Gasteiger partial charge in [0.2, 0.25) is 0 Å². The van der Waals surface area contributed by atoms with Crippen molar-refractivity contribution < 1.29 is 23.8 Å². The minimum absolute atomic E-state index is 0.0168. The zero-order valence-corrected chi connectivity index (χ0v) is 20.1. The third kappa shape index (κ3) is 4.65. The van der Waals surface area contributed by atoms with E-state index in [1.54, 1.807) is 6.92 Å². The molecular weight excluding hydrogens is 463 g/mol. The number of aromatic nitrogens is 2. The minimum atomic E-state index is -0.797. The lowest BCUT2D eigenvalue weighted by atomic mass is 9.87. The highest BCUT2D eigenvalue weighted by atomic mass is 19.1. The molecule has 8 nitrogen and oxygen atoms in total. The quantitative estimate of drug-likeness (QED) is 0.449. The molecule has 1 saturated heterocycles. The predicted octanol–water partition coefficient (Wildman–Crippen LogP) is 5.54. The van der Waals surface area contributed by atoms with Crippen LogP contribution in [0.25, 0.3) is 5.69 Å². The molecule has 9 heteroatoms. The fourth-order valence-electron chi connectivity index (χ4n) is 5.08. The molecule has 0 spiro atoms. The number of carboxylic acid groups (broad SMARTS) is 1. The molecule has 2 heterocycles. The summed E-state index contributed by atoms with van der Waals surface area (Å²) in [5, 5.41) is 16.3. The molecule has 2 atom stereocenters. The lowest BCUT2D eigenvalue weighted by Crippen LogP contribution is -2.48. The van der Waals surface area contributed by atoms with E-state index in [1.165, 1.54) is 10.9 Å². The Hall–Kier alpha value is -3.88. The third-order valence-electron chi connectivity index (χ3n) is 7.24. The lowest BCUT2D eigenvalue weighted by molar-refractivity contribution is -0.144. The Morgan fingerprint density at radius 1 is 1.11 bits per heavy atom. The van der Waals surface area contributed by atoms with Crippen molar-refractivity contribution >= 4 is 23.6 Å². The molecular formula is C27H29FN4O4. The summed E-state index contributed by atoms with van der Waals surface area (Å²) in [6.07, 6.45) is 4.25. The Morgan fingerprint density at radius 2 is 1.81 bits per heavy atom. The van der Waals surface area contributed by atoms with Crippen LogP contribution >= 0.6 is 0 Å². The van der Waals surface area contributed by atoms with Gasteiger partial charge in [-0.3, -0.25) is 10.1 Å². The maximum absolute atomic E-state index is 14.5. The van der Waals surface area contributed by atoms with Crippen LogP contribution in [0.5, 0.6) is 0 Å². The van der Waals surface area contributed by atoms with Gasteiger partial charge < -0.3 is 14.7 Å². The van der Waals surface area contributed by atoms with E-state index in [0.717, 1.165) is 49.9 Å². The molecule has 2 unspecified atom stereocenters. The molecule has 1 amide bonds. The van der Waals surface area contributed by atoms with E-state index in [2.05, 4.69) is 15.3 Å². The first-order chi connectivity index (χ1) is 17.4. The number of carbonyl (C=O) groups excluding carboxylic acids is 1. The van der Waals surface area contributed by atoms with Crippen LogP contribution in [0.2, 0.25) is 0 Å². The van der Waals surface area contributed by atoms with Crippen molar-refractivity contribution in [3.63, 3.8) is 0 Å². The maximum atomic E-state index is 14.5. The molecule has 1 aliphatic carbocycles. The minimum Gasteiger partial charge on any atom is -0.481 e. The summed E-state index contributed by atoms with van der Waals surface area (Å²) in [6, 6.07) is 16.7. The maximum Gasteiger partial charge on any atom is 0.413 e. The zero-order chi connectivity index (χ0) is 25.3. The number of nitrogens with one attached hydrogen (secondary N) is 1. The summed E-state index contributed by atoms with van der Waals surface area (Å²) in [5.41, 5.74) is 1.74. The third-order valence-corrected chi connectivity index (χ3v) is 7.24. The molecule has 2 aromatic carbocycles. The molecule has 36 heavy (non-hydrogen) atoms. The van der Waals surface area contributed by atoms with Gasteiger partial charge in [-0.05, 0) is 68.9 Å². The molecule has 1 aliphatic heterocycles. The van der Waals surface area contributed by atoms with Crippen LogP contribution in [0.3, 0.4) is 0 Å². The van der Waals surface area contributed by atoms with E-state index in [0.29, 0.717) is 5.69 Å². The average Bonchev–Trinajstić information content (AvgIpc) is 3.63. The molecule has 2 aliphatic rings. The van der Waals surface area contributed by atoms with Crippen LogP contribution in [0.1, 0.15) is 50.7 Å². The zero-order valence-electron chi connectivity index (χ0n) is 20.1. The SMILES string of the molecule is CC(OC(=O)Nc1nn(-c2ccc(N3CCCCC3C3(C(=O)O)CC3)cc2)cc1F)c1ccccc1. The number of rotatable bonds is 7. The number of piperidine rings is 1. The summed E-state index contributed by atoms with van der Waals surface area (Å²) < 4.78 is 21.2. The topological polar surface area (TPSA) is 96.7 Å². The van der Waals surface area contributed by atoms with Gasteiger partial charge in [-0.1, -0.05) is 30.3 Å². The van der Waals surface area contributed by atoms with Crippen molar-refractivity contribution in [2.45, 2.75) is 51.2 Å². The van der Waals surface area contributed by atoms with Crippen LogP contribution in [0.4, 0.5) is 20.7 Å². The van der Waals surface area contributed by atoms with E-state index < -0.39 is 29.4 Å². The number of benzene rings is 2. The number of carboxylic acids is 1. The van der Waals surface area contributed by atoms with Crippen molar-refractivity contribution in [2.24, 2.45) is 5.41 Å². The summed E-state index contributed by atoms with van der Waals surface area (Å²) in [6.45, 7) is 2.55. The van der Waals surface area contributed by atoms with Crippen LogP contribution < -0.4 is 10.2 Å². The number of aliphatic carboxylic acids is 1. The Labute approximate surface area is 208 Å². The van der Waals surface area contributed by atoms with Gasteiger partial charge in [0, 0.05) is 18.3 Å². The van der Waals surface area contributed by atoms with Crippen molar-refractivity contribution in [3.05, 3.63) is 72.2 Å². The van der Waals surface area contributed by atoms with Gasteiger partial charge in [-0.15, -0.1) is 5.10 Å². The first kappa shape index (κ1) is 23.8. The number of hydrogen-bond acceptors (Lipinski definition) is 5. The van der Waals surface area contributed by atoms with Gasteiger partial charge in [0.05, 0.1) is 17.3 Å². The molecule has 2 fully saturated rings. The molecule has 0 radical (unpaired) electrons. The molecule has 3 aromatic rings. The Balaban J connectivity index is 1.27. The van der Waals surface area contributed by atoms with Crippen LogP contribution in [-0.2, 0) is 9.53 Å². The molecule has 188 valence electrons. The second-order valence-corrected chi connectivity index (χ2v) is 9.54. The van der Waals surface area contributed by atoms with E-state index in [-0.39, 0.29) is 11.9 Å². The highest BCUT2D eigenvalue weighted by Gasteiger charge is 2.58. The summed E-state index contributed by atoms with van der Waals surface area (Å²) in [7, 11) is 0. The lowest BCUT2D eigenvalue weighted by Gasteiger charge is -2.41. The van der Waals surface area contributed by atoms with Gasteiger partial charge in [-0.25, -0.2) is 13.9 Å². The normalized spacial score (nSPS) is 19.4. The van der Waals surface area contributed by atoms with Crippen LogP contribution in [-0.4, -0.2) is 39.5 Å². The van der Waals surface area contributed by atoms with E-state index in [1.807, 2.05) is 54.6 Å². The van der Waals surface area contributed by atoms with Gasteiger partial charge in [-0.2, -0.15) is 0 Å². The Bertz CT molecular complexity index is 1240. The molecule has 2 N–H and O–H groups in total. The van der Waals surface area contributed by atoms with Gasteiger partial charge in [0.1, 0.15) is 6.10 Å². The monoisotopic (exact) mass is 492 g/mol. The highest BCUT2D eigenvalue weighted by Crippen LogP contribution is 2.53. The molecule has 1 aromatic heterocycles. The summed E-state index contributed by atoms with van der Waals surface area (Å²) >= 11 is 0. The number of carbonyl (C=O) groups is 2. The first-order valence-electron chi connectivity index (χ1n) is 12.3. The standard InChI is InChI=1S/C27H29FN4O4/c1-18(19-7-3-2-4-8-19)36-26(35)29-24-22(28)17-32(30-24)21-12-10-20(11-13-21)31-16-6-5-9-23(31)27(14-15-27)25(33)34/h2-4,7-8,10-13,17-18,23H,5-6,9,14-16H2,1H3,(H,33,34)(H,29,30,35). The van der Waals surface area contributed by atoms with E-state index >= 15 is 0 Å². The van der Waals surface area contributed by atoms with Crippen molar-refractivity contribution in [1.82, 2.24) is 9.78 Å². The van der Waals surface area contributed by atoms with Crippen molar-refractivity contribution in [3.8, 4) is 5.69 Å². The molecule has 1 saturated carbocycles. The second-order valence-electron chi connectivity index (χ2n) is 9.54. The molecule has 5 rings (SSSR count). The van der Waals surface area contributed by atoms with Gasteiger partial charge in [0.15, 0.2) is 11.6 Å². The summed E-state index contributed by atoms with van der Waals surface area (Å²) in [4.78, 5) is 26.4. The van der Waals surface area contributed by atoms with E-state index in [9.17, 15) is 19.1 Å². The average molecular weight is 493 g/mol. The van der Waals surface area contributed by atoms with Crippen LogP contribution in [0.15, 0.2) is 60.8 Å². The van der Waals surface area contributed by atoms with Crippen molar-refractivity contribution in [1.29, 1.82) is 0 Å². The Morgan fingerprint density at radius 3 is 2.47 bits per heavy atom. The largest absolute Gasteiger partial charge is 0.481 e. The van der Waals surface area contributed by atoms with E-state index in [4.69, 9.17) is 4.74 Å². The fourth-order valence-corrected chi connectivity index (χ4v) is 5.08. The second kappa shape index (κ2) is 9.64. The fraction of sp³-hybridized carbons (Fsp3) is 0.370. The number of hydrogen-bond donors (Lipinski definition) is 2. The number of nitrogens with zero attached hydrogens (tertiary/aromatic N) is 3.